The topological polar surface area (TPSA) is 106 Å². The molecule has 0 saturated heterocycles. The molecule has 2 aromatic carbocycles. The van der Waals surface area contributed by atoms with E-state index in [1.807, 2.05) is 0 Å². The fraction of sp³-hybridized carbons (Fsp3) is 0.333. The Hall–Kier alpha value is -3.51. The minimum absolute atomic E-state index is 0.0168. The molecule has 0 aliphatic heterocycles. The minimum Gasteiger partial charge on any atom is -0.394 e. The summed E-state index contributed by atoms with van der Waals surface area (Å²) in [5, 5.41) is 14.8. The highest BCUT2D eigenvalue weighted by Gasteiger charge is 2.41. The number of amides is 1. The quantitative estimate of drug-likeness (QED) is 0.295. The van der Waals surface area contributed by atoms with Gasteiger partial charge in [0, 0.05) is 39.7 Å². The number of halogens is 3. The molecule has 1 aliphatic rings. The van der Waals surface area contributed by atoms with Gasteiger partial charge in [-0.25, -0.2) is 8.42 Å². The Labute approximate surface area is 237 Å². The van der Waals surface area contributed by atoms with Crippen LogP contribution >= 0.6 is 0 Å². The van der Waals surface area contributed by atoms with Gasteiger partial charge in [0.15, 0.2) is 9.84 Å². The fourth-order valence-corrected chi connectivity index (χ4v) is 5.77. The summed E-state index contributed by atoms with van der Waals surface area (Å²) in [6, 6.07) is 12.2. The van der Waals surface area contributed by atoms with Crippen molar-refractivity contribution in [2.45, 2.75) is 48.3 Å². The zero-order valence-electron chi connectivity index (χ0n) is 22.0. The van der Waals surface area contributed by atoms with Crippen molar-refractivity contribution in [3.8, 4) is 0 Å². The molecule has 0 bridgehead atoms. The number of alkyl halides is 3. The second-order valence-corrected chi connectivity index (χ2v) is 12.3. The molecule has 1 fully saturated rings. The van der Waals surface area contributed by atoms with Crippen LogP contribution in [0.1, 0.15) is 59.2 Å². The van der Waals surface area contributed by atoms with Crippen molar-refractivity contribution >= 4 is 42.3 Å². The molecule has 1 saturated carbocycles. The highest BCUT2D eigenvalue weighted by atomic mass is 32.2. The predicted molar refractivity (Wildman–Crippen MR) is 147 cm³/mol. The van der Waals surface area contributed by atoms with Crippen molar-refractivity contribution in [3.63, 3.8) is 0 Å². The average molecular weight is 580 g/mol. The van der Waals surface area contributed by atoms with Gasteiger partial charge in [-0.2, -0.15) is 18.3 Å². The number of carbonyl (C=O) groups is 1. The summed E-state index contributed by atoms with van der Waals surface area (Å²) in [5.41, 5.74) is 0.499. The normalized spacial score (nSPS) is 15.2. The van der Waals surface area contributed by atoms with Crippen LogP contribution in [0.5, 0.6) is 0 Å². The molecule has 2 aromatic heterocycles. The lowest BCUT2D eigenvalue weighted by Crippen LogP contribution is -2.41. The lowest BCUT2D eigenvalue weighted by atomic mass is 9.59. The van der Waals surface area contributed by atoms with Crippen LogP contribution in [0.2, 0.25) is 0 Å². The van der Waals surface area contributed by atoms with E-state index in [-0.39, 0.29) is 27.9 Å². The summed E-state index contributed by atoms with van der Waals surface area (Å²) in [5.74, 6) is -0.574. The number of carbonyl (C=O) groups excluding carboxylic acids is 1. The van der Waals surface area contributed by atoms with E-state index in [1.54, 1.807) is 28.8 Å². The van der Waals surface area contributed by atoms with E-state index in [0.717, 1.165) is 25.1 Å². The maximum Gasteiger partial charge on any atom is 0.432 e. The molecule has 210 valence electrons. The van der Waals surface area contributed by atoms with E-state index in [9.17, 15) is 31.5 Å². The van der Waals surface area contributed by atoms with E-state index in [2.05, 4.69) is 10.4 Å². The first kappa shape index (κ1) is 29.0. The molecule has 0 unspecified atom stereocenters. The van der Waals surface area contributed by atoms with E-state index in [1.165, 1.54) is 31.2 Å². The van der Waals surface area contributed by atoms with Gasteiger partial charge in [0.25, 0.3) is 5.91 Å². The number of sulfone groups is 1. The van der Waals surface area contributed by atoms with Gasteiger partial charge in [-0.05, 0) is 60.9 Å². The Bertz CT molecular complexity index is 1710. The number of aromatic nitrogens is 3. The third kappa shape index (κ3) is 5.42. The number of aliphatic hydroxyl groups is 1. The molecule has 2 N–H and O–H groups in total. The smallest absolute Gasteiger partial charge is 0.394 e. The Morgan fingerprint density at radius 1 is 1.10 bits per heavy atom. The van der Waals surface area contributed by atoms with Gasteiger partial charge >= 0.3 is 6.18 Å². The Morgan fingerprint density at radius 3 is 2.37 bits per heavy atom. The van der Waals surface area contributed by atoms with Crippen LogP contribution in [-0.2, 0) is 21.4 Å². The Balaban J connectivity index is 1.46. The molecule has 4 radical (unpaired) electrons. The van der Waals surface area contributed by atoms with Crippen LogP contribution in [0, 0.1) is 0 Å². The van der Waals surface area contributed by atoms with Crippen molar-refractivity contribution in [2.24, 2.45) is 0 Å². The van der Waals surface area contributed by atoms with Crippen LogP contribution in [0.4, 0.5) is 13.2 Å². The zero-order chi connectivity index (χ0) is 29.7. The molecule has 8 nitrogen and oxygen atoms in total. The second kappa shape index (κ2) is 10.4. The van der Waals surface area contributed by atoms with Crippen molar-refractivity contribution in [2.75, 3.05) is 12.4 Å². The largest absolute Gasteiger partial charge is 0.432 e. The van der Waals surface area contributed by atoms with Crippen molar-refractivity contribution < 1.29 is 31.5 Å². The molecule has 1 aliphatic carbocycles. The van der Waals surface area contributed by atoms with E-state index in [4.69, 9.17) is 15.7 Å². The number of fused-ring (bicyclic) bond motifs is 1. The van der Waals surface area contributed by atoms with Crippen LogP contribution in [0.25, 0.3) is 10.9 Å². The van der Waals surface area contributed by atoms with E-state index in [0.29, 0.717) is 21.1 Å². The Morgan fingerprint density at radius 2 is 1.78 bits per heavy atom. The molecule has 4 aromatic rings. The summed E-state index contributed by atoms with van der Waals surface area (Å²) in [7, 11) is 9.27. The average Bonchev–Trinajstić information content (AvgIpc) is 3.48. The maximum atomic E-state index is 13.6. The van der Waals surface area contributed by atoms with Gasteiger partial charge in [-0.1, -0.05) is 19.1 Å². The zero-order valence-corrected chi connectivity index (χ0v) is 22.8. The number of nitrogens with one attached hydrogen (secondary N) is 1. The SMILES string of the molecule is [B]C([B])(c1cc2cc(C(=O)N[C@@H](CO)c3ccc(S(=O)(=O)CC)cc3)ccc2n1C1CC1)n1nccc1C(F)(F)F. The van der Waals surface area contributed by atoms with Crippen molar-refractivity contribution in [1.29, 1.82) is 0 Å². The van der Waals surface area contributed by atoms with Gasteiger partial charge in [0.2, 0.25) is 0 Å². The minimum atomic E-state index is -4.73. The lowest BCUT2D eigenvalue weighted by Gasteiger charge is -2.31. The Kier molecular flexibility index (Phi) is 7.35. The molecule has 41 heavy (non-hydrogen) atoms. The third-order valence-corrected chi connectivity index (χ3v) is 8.97. The predicted octanol–water partition coefficient (Wildman–Crippen LogP) is 3.44. The molecule has 1 atom stereocenters. The summed E-state index contributed by atoms with van der Waals surface area (Å²) in [6.07, 6.45) is -2.17. The summed E-state index contributed by atoms with van der Waals surface area (Å²) in [4.78, 5) is 13.3. The number of hydrogen-bond acceptors (Lipinski definition) is 5. The maximum absolute atomic E-state index is 13.6. The van der Waals surface area contributed by atoms with Crippen LogP contribution in [0.3, 0.4) is 0 Å². The van der Waals surface area contributed by atoms with Gasteiger partial charge < -0.3 is 15.0 Å². The monoisotopic (exact) mass is 580 g/mol. The van der Waals surface area contributed by atoms with E-state index >= 15 is 0 Å². The van der Waals surface area contributed by atoms with Gasteiger partial charge in [0.1, 0.15) is 21.4 Å². The molecular weight excluding hydrogens is 555 g/mol. The number of rotatable bonds is 9. The fourth-order valence-electron chi connectivity index (χ4n) is 4.88. The van der Waals surface area contributed by atoms with Crippen LogP contribution in [0.15, 0.2) is 65.7 Å². The highest BCUT2D eigenvalue weighted by Crippen LogP contribution is 2.43. The molecule has 2 heterocycles. The summed E-state index contributed by atoms with van der Waals surface area (Å²) < 4.78 is 67.4. The van der Waals surface area contributed by atoms with E-state index < -0.39 is 45.6 Å². The second-order valence-electron chi connectivity index (χ2n) is 10.0. The lowest BCUT2D eigenvalue weighted by molar-refractivity contribution is -0.144. The third-order valence-electron chi connectivity index (χ3n) is 7.22. The number of benzene rings is 2. The molecule has 14 heteroatoms. The van der Waals surface area contributed by atoms with Gasteiger partial charge in [-0.15, -0.1) is 0 Å². The van der Waals surface area contributed by atoms with Gasteiger partial charge in [-0.3, -0.25) is 9.48 Å². The molecule has 5 rings (SSSR count). The summed E-state index contributed by atoms with van der Waals surface area (Å²) in [6.45, 7) is 1.10. The van der Waals surface area contributed by atoms with Gasteiger partial charge in [0.05, 0.1) is 23.3 Å². The number of hydrogen-bond donors (Lipinski definition) is 2. The molecule has 1 amide bonds. The first-order chi connectivity index (χ1) is 19.3. The first-order valence-electron chi connectivity index (χ1n) is 12.9. The number of aliphatic hydroxyl groups excluding tert-OH is 1. The summed E-state index contributed by atoms with van der Waals surface area (Å²) >= 11 is 0. The van der Waals surface area contributed by atoms with Crippen LogP contribution < -0.4 is 5.32 Å². The first-order valence-corrected chi connectivity index (χ1v) is 14.5. The van der Waals surface area contributed by atoms with Crippen molar-refractivity contribution in [3.05, 3.63) is 83.3 Å². The standard InChI is InChI=1S/C27H25B2F3N4O4S/c1-2-41(39,40)20-8-3-16(4-9-20)21(15-37)34-25(38)17-5-10-22-18(13-17)14-24(35(22)19-6-7-19)26(28,29)36-23(11-12-33-36)27(30,31)32/h3-5,8-14,19,21,37H,2,6-7,15H2,1H3,(H,34,38)/t21-/m0/s1. The highest BCUT2D eigenvalue weighted by molar-refractivity contribution is 7.91. The molecular formula is C27H25B2F3N4O4S. The number of nitrogens with zero attached hydrogens (tertiary/aromatic N) is 3. The van der Waals surface area contributed by atoms with Crippen LogP contribution in [-0.4, -0.2) is 61.8 Å². The molecule has 0 spiro atoms. The van der Waals surface area contributed by atoms with Crippen molar-refractivity contribution in [1.82, 2.24) is 19.7 Å².